The van der Waals surface area contributed by atoms with E-state index in [1.807, 2.05) is 52.0 Å². The molecule has 4 atom stereocenters. The Kier molecular flexibility index (Phi) is 10.3. The molecule has 2 aliphatic heterocycles. The standard InChI is InChI=1S/C38H48N4O5/c1-9-14-46-35(44)13-12-26-21(5)27-16-29-22(6)36(24(8)43)33(41-29)18-28-20(4)25(11-3)31(39-28)17-30-23(7)37(38(45)47-15-10-2)34(42-30)19-32(26)40-27/h16-21,25-26,41-42H,9-15H2,1-8H3/t20-,21+,25-,26+/m1/s1. The van der Waals surface area contributed by atoms with Gasteiger partial charge in [-0.1, -0.05) is 34.6 Å². The number of esters is 2. The average Bonchev–Trinajstić information content (AvgIpc) is 3.70. The molecule has 0 saturated carbocycles. The Morgan fingerprint density at radius 2 is 1.19 bits per heavy atom. The Morgan fingerprint density at radius 1 is 0.702 bits per heavy atom. The number of nitrogens with one attached hydrogen (secondary N) is 2. The van der Waals surface area contributed by atoms with Crippen LogP contribution in [0.4, 0.5) is 0 Å². The Balaban J connectivity index is 1.84. The third kappa shape index (κ3) is 6.76. The highest BCUT2D eigenvalue weighted by Crippen LogP contribution is 2.42. The zero-order valence-electron chi connectivity index (χ0n) is 29.0. The summed E-state index contributed by atoms with van der Waals surface area (Å²) in [4.78, 5) is 56.3. The highest BCUT2D eigenvalue weighted by Gasteiger charge is 2.31. The lowest BCUT2D eigenvalue weighted by Gasteiger charge is -2.15. The second-order valence-corrected chi connectivity index (χ2v) is 13.1. The van der Waals surface area contributed by atoms with Crippen LogP contribution < -0.4 is 0 Å². The van der Waals surface area contributed by atoms with Crippen molar-refractivity contribution in [1.29, 1.82) is 0 Å². The first-order valence-electron chi connectivity index (χ1n) is 17.1. The number of carbonyl (C=O) groups excluding carboxylic acids is 3. The number of aromatic amines is 2. The molecular weight excluding hydrogens is 592 g/mol. The second kappa shape index (κ2) is 14.2. The Hall–Kier alpha value is -4.27. The van der Waals surface area contributed by atoms with Crippen LogP contribution in [0.2, 0.25) is 0 Å². The summed E-state index contributed by atoms with van der Waals surface area (Å²) in [5.74, 6) is -0.467. The van der Waals surface area contributed by atoms with Crippen LogP contribution in [0.1, 0.15) is 152 Å². The van der Waals surface area contributed by atoms with Gasteiger partial charge in [0.15, 0.2) is 5.78 Å². The molecule has 8 bridgehead atoms. The van der Waals surface area contributed by atoms with Gasteiger partial charge in [0.2, 0.25) is 0 Å². The number of hydrogen-bond donors (Lipinski definition) is 2. The summed E-state index contributed by atoms with van der Waals surface area (Å²) >= 11 is 0. The van der Waals surface area contributed by atoms with E-state index in [1.165, 1.54) is 0 Å². The monoisotopic (exact) mass is 640 g/mol. The summed E-state index contributed by atoms with van der Waals surface area (Å²) in [5, 5.41) is 0. The number of fused-ring (bicyclic) bond motifs is 8. The van der Waals surface area contributed by atoms with Crippen LogP contribution in [-0.4, -0.2) is 50.9 Å². The summed E-state index contributed by atoms with van der Waals surface area (Å²) in [6.07, 6.45) is 3.16. The van der Waals surface area contributed by atoms with Crippen LogP contribution in [0.3, 0.4) is 0 Å². The van der Waals surface area contributed by atoms with Crippen LogP contribution in [0.25, 0.3) is 22.1 Å². The van der Waals surface area contributed by atoms with Gasteiger partial charge in [0.05, 0.1) is 29.8 Å². The van der Waals surface area contributed by atoms with Crippen LogP contribution >= 0.6 is 0 Å². The zero-order chi connectivity index (χ0) is 34.0. The summed E-state index contributed by atoms with van der Waals surface area (Å²) < 4.78 is 11.0. The molecule has 0 radical (unpaired) electrons. The normalized spacial score (nSPS) is 19.1. The number of carbonyl (C=O) groups is 3. The quantitative estimate of drug-likeness (QED) is 0.168. The zero-order valence-corrected chi connectivity index (χ0v) is 29.0. The van der Waals surface area contributed by atoms with E-state index in [4.69, 9.17) is 19.4 Å². The van der Waals surface area contributed by atoms with Crippen molar-refractivity contribution in [2.45, 2.75) is 111 Å². The molecule has 0 saturated heterocycles. The molecule has 3 aromatic heterocycles. The fraction of sp³-hybridized carbons (Fsp3) is 0.500. The largest absolute Gasteiger partial charge is 0.466 e. The minimum Gasteiger partial charge on any atom is -0.466 e. The number of ketones is 1. The molecule has 5 heterocycles. The van der Waals surface area contributed by atoms with Gasteiger partial charge < -0.3 is 19.4 Å². The van der Waals surface area contributed by atoms with Crippen molar-refractivity contribution >= 4 is 39.8 Å². The average molecular weight is 641 g/mol. The smallest absolute Gasteiger partial charge is 0.340 e. The second-order valence-electron chi connectivity index (χ2n) is 13.1. The van der Waals surface area contributed by atoms with Gasteiger partial charge in [-0.2, -0.15) is 0 Å². The van der Waals surface area contributed by atoms with E-state index >= 15 is 0 Å². The molecule has 2 N–H and O–H groups in total. The van der Waals surface area contributed by atoms with E-state index in [2.05, 4.69) is 30.7 Å². The van der Waals surface area contributed by atoms with Gasteiger partial charge in [-0.15, -0.1) is 0 Å². The lowest BCUT2D eigenvalue weighted by Crippen LogP contribution is -2.10. The number of aryl methyl sites for hydroxylation is 2. The minimum absolute atomic E-state index is 0.0150. The highest BCUT2D eigenvalue weighted by atomic mass is 16.5. The highest BCUT2D eigenvalue weighted by molar-refractivity contribution is 6.05. The SMILES string of the molecule is CCCOC(=O)CC[C@@H]1c2cc3[nH]c(cc4nc(cc5[nH]c(cc(n2)[C@H]1C)c(C)c5C(C)=O)[C@H](C)[C@H]4CC)c(C)c3C(=O)OCCC. The number of nitrogens with zero attached hydrogens (tertiary/aromatic N) is 2. The number of rotatable bonds is 10. The molecule has 5 rings (SSSR count). The van der Waals surface area contributed by atoms with Crippen LogP contribution in [0.5, 0.6) is 0 Å². The van der Waals surface area contributed by atoms with E-state index in [-0.39, 0.29) is 47.8 Å². The van der Waals surface area contributed by atoms with Gasteiger partial charge in [0, 0.05) is 69.5 Å². The molecule has 9 heteroatoms. The predicted octanol–water partition coefficient (Wildman–Crippen LogP) is 8.62. The van der Waals surface area contributed by atoms with Gasteiger partial charge in [0.25, 0.3) is 0 Å². The Morgan fingerprint density at radius 3 is 1.79 bits per heavy atom. The van der Waals surface area contributed by atoms with Crippen LogP contribution in [-0.2, 0) is 14.3 Å². The molecular formula is C38H48N4O5. The lowest BCUT2D eigenvalue weighted by atomic mass is 9.87. The summed E-state index contributed by atoms with van der Waals surface area (Å²) in [5.41, 5.74) is 9.19. The van der Waals surface area contributed by atoms with E-state index in [9.17, 15) is 14.4 Å². The molecule has 0 amide bonds. The van der Waals surface area contributed by atoms with Gasteiger partial charge >= 0.3 is 11.9 Å². The van der Waals surface area contributed by atoms with Crippen molar-refractivity contribution in [1.82, 2.24) is 19.9 Å². The molecule has 0 fully saturated rings. The van der Waals surface area contributed by atoms with Crippen molar-refractivity contribution in [3.63, 3.8) is 0 Å². The molecule has 0 aliphatic carbocycles. The van der Waals surface area contributed by atoms with Crippen molar-refractivity contribution < 1.29 is 23.9 Å². The van der Waals surface area contributed by atoms with Crippen LogP contribution in [0, 0.1) is 13.8 Å². The van der Waals surface area contributed by atoms with E-state index < -0.39 is 0 Å². The third-order valence-electron chi connectivity index (χ3n) is 9.78. The Labute approximate surface area is 276 Å². The maximum atomic E-state index is 13.5. The first-order valence-corrected chi connectivity index (χ1v) is 17.1. The molecule has 47 heavy (non-hydrogen) atoms. The summed E-state index contributed by atoms with van der Waals surface area (Å²) in [6, 6.07) is 8.01. The van der Waals surface area contributed by atoms with Crippen molar-refractivity contribution in [2.24, 2.45) is 0 Å². The van der Waals surface area contributed by atoms with Gasteiger partial charge in [0.1, 0.15) is 0 Å². The predicted molar refractivity (Wildman–Crippen MR) is 184 cm³/mol. The summed E-state index contributed by atoms with van der Waals surface area (Å²) in [7, 11) is 0. The fourth-order valence-electron chi connectivity index (χ4n) is 7.08. The van der Waals surface area contributed by atoms with Crippen LogP contribution in [0.15, 0.2) is 24.3 Å². The molecule has 250 valence electrons. The lowest BCUT2D eigenvalue weighted by molar-refractivity contribution is -0.143. The van der Waals surface area contributed by atoms with Gasteiger partial charge in [-0.05, 0) is 81.8 Å². The van der Waals surface area contributed by atoms with Crippen molar-refractivity contribution in [3.8, 4) is 0 Å². The molecule has 2 aliphatic rings. The molecule has 0 spiro atoms. The van der Waals surface area contributed by atoms with Crippen molar-refractivity contribution in [2.75, 3.05) is 13.2 Å². The van der Waals surface area contributed by atoms with E-state index in [1.54, 1.807) is 6.92 Å². The maximum absolute atomic E-state index is 13.5. The number of Topliss-reactive ketones (excluding diaryl/α,β-unsaturated/α-hetero) is 1. The number of aromatic nitrogens is 4. The molecule has 0 aromatic carbocycles. The van der Waals surface area contributed by atoms with E-state index in [0.29, 0.717) is 36.3 Å². The number of ether oxygens (including phenoxy) is 2. The minimum atomic E-state index is -0.383. The first kappa shape index (κ1) is 34.1. The molecule has 0 unspecified atom stereocenters. The summed E-state index contributed by atoms with van der Waals surface area (Å²) in [6.45, 7) is 16.6. The topological polar surface area (TPSA) is 127 Å². The maximum Gasteiger partial charge on any atom is 0.340 e. The molecule has 9 nitrogen and oxygen atoms in total. The van der Waals surface area contributed by atoms with Gasteiger partial charge in [-0.25, -0.2) is 4.79 Å². The number of H-pyrrole nitrogens is 2. The van der Waals surface area contributed by atoms with Gasteiger partial charge in [-0.3, -0.25) is 19.6 Å². The molecule has 3 aromatic rings. The fourth-order valence-corrected chi connectivity index (χ4v) is 7.08. The third-order valence-corrected chi connectivity index (χ3v) is 9.78. The number of hydrogen-bond acceptors (Lipinski definition) is 7. The first-order chi connectivity index (χ1) is 22.5. The van der Waals surface area contributed by atoms with Crippen molar-refractivity contribution in [3.05, 3.63) is 69.3 Å². The Bertz CT molecular complexity index is 1850. The van der Waals surface area contributed by atoms with E-state index in [0.717, 1.165) is 69.7 Å².